The zero-order valence-electron chi connectivity index (χ0n) is 10.4. The number of hydrogen-bond donors (Lipinski definition) is 2. The lowest BCUT2D eigenvalue weighted by Crippen LogP contribution is -1.87. The molecule has 3 N–H and O–H groups in total. The SMILES string of the molecule is Nc1ccc2nc(SCc3ccc(Br)cc3F)[nH]c2c1. The largest absolute Gasteiger partial charge is 0.399 e. The quantitative estimate of drug-likeness (QED) is 0.545. The predicted molar refractivity (Wildman–Crippen MR) is 84.2 cm³/mol. The lowest BCUT2D eigenvalue weighted by Gasteiger charge is -2.01. The van der Waals surface area contributed by atoms with Crippen LogP contribution in [0.3, 0.4) is 0 Å². The molecule has 0 spiro atoms. The van der Waals surface area contributed by atoms with Gasteiger partial charge in [-0.1, -0.05) is 33.8 Å². The van der Waals surface area contributed by atoms with Gasteiger partial charge in [0.1, 0.15) is 5.82 Å². The Morgan fingerprint density at radius 2 is 2.10 bits per heavy atom. The lowest BCUT2D eigenvalue weighted by molar-refractivity contribution is 0.616. The van der Waals surface area contributed by atoms with Crippen molar-refractivity contribution in [3.8, 4) is 0 Å². The molecule has 3 nitrogen and oxygen atoms in total. The molecular weight excluding hydrogens is 341 g/mol. The number of nitrogens with zero attached hydrogens (tertiary/aromatic N) is 1. The molecule has 0 aliphatic carbocycles. The highest BCUT2D eigenvalue weighted by Gasteiger charge is 2.07. The van der Waals surface area contributed by atoms with Gasteiger partial charge >= 0.3 is 0 Å². The van der Waals surface area contributed by atoms with Crippen LogP contribution in [0.1, 0.15) is 5.56 Å². The van der Waals surface area contributed by atoms with Gasteiger partial charge in [0.15, 0.2) is 5.16 Å². The molecule has 0 aliphatic rings. The summed E-state index contributed by atoms with van der Waals surface area (Å²) in [5, 5.41) is 0.757. The number of benzene rings is 2. The van der Waals surface area contributed by atoms with Gasteiger partial charge in [0.2, 0.25) is 0 Å². The maximum atomic E-state index is 13.7. The average molecular weight is 352 g/mol. The fourth-order valence-electron chi connectivity index (χ4n) is 1.86. The van der Waals surface area contributed by atoms with E-state index in [1.165, 1.54) is 17.8 Å². The number of hydrogen-bond acceptors (Lipinski definition) is 3. The lowest BCUT2D eigenvalue weighted by atomic mass is 10.2. The van der Waals surface area contributed by atoms with Crippen LogP contribution in [0.2, 0.25) is 0 Å². The molecule has 0 fully saturated rings. The van der Waals surface area contributed by atoms with Gasteiger partial charge in [0, 0.05) is 15.9 Å². The second-order valence-electron chi connectivity index (χ2n) is 4.34. The van der Waals surface area contributed by atoms with Crippen molar-refractivity contribution in [1.29, 1.82) is 0 Å². The summed E-state index contributed by atoms with van der Waals surface area (Å²) in [6.45, 7) is 0. The first-order valence-corrected chi connectivity index (χ1v) is 7.71. The van der Waals surface area contributed by atoms with Crippen LogP contribution in [0.25, 0.3) is 11.0 Å². The summed E-state index contributed by atoms with van der Waals surface area (Å²) in [6, 6.07) is 10.6. The number of halogens is 2. The molecule has 3 rings (SSSR count). The second kappa shape index (κ2) is 5.46. The number of nitrogens with one attached hydrogen (secondary N) is 1. The zero-order valence-corrected chi connectivity index (χ0v) is 12.8. The van der Waals surface area contributed by atoms with Gasteiger partial charge in [-0.25, -0.2) is 9.37 Å². The maximum Gasteiger partial charge on any atom is 0.166 e. The minimum Gasteiger partial charge on any atom is -0.399 e. The van der Waals surface area contributed by atoms with Crippen LogP contribution in [0.4, 0.5) is 10.1 Å². The van der Waals surface area contributed by atoms with Gasteiger partial charge in [0.25, 0.3) is 0 Å². The van der Waals surface area contributed by atoms with Crippen molar-refractivity contribution < 1.29 is 4.39 Å². The number of nitrogen functional groups attached to an aromatic ring is 1. The Bertz CT molecular complexity index is 772. The topological polar surface area (TPSA) is 54.7 Å². The molecule has 102 valence electrons. The number of rotatable bonds is 3. The van der Waals surface area contributed by atoms with Crippen molar-refractivity contribution in [2.75, 3.05) is 5.73 Å². The minimum absolute atomic E-state index is 0.216. The van der Waals surface area contributed by atoms with E-state index in [0.29, 0.717) is 17.0 Å². The summed E-state index contributed by atoms with van der Waals surface area (Å²) >= 11 is 4.71. The van der Waals surface area contributed by atoms with Crippen LogP contribution in [0.15, 0.2) is 46.0 Å². The molecule has 0 saturated heterocycles. The molecule has 0 bridgehead atoms. The van der Waals surface area contributed by atoms with Crippen molar-refractivity contribution in [2.45, 2.75) is 10.9 Å². The van der Waals surface area contributed by atoms with E-state index in [0.717, 1.165) is 20.7 Å². The molecule has 1 aromatic heterocycles. The van der Waals surface area contributed by atoms with Crippen LogP contribution in [-0.4, -0.2) is 9.97 Å². The van der Waals surface area contributed by atoms with Gasteiger partial charge in [-0.2, -0.15) is 0 Å². The van der Waals surface area contributed by atoms with E-state index in [1.54, 1.807) is 6.07 Å². The third kappa shape index (κ3) is 2.81. The van der Waals surface area contributed by atoms with Crippen molar-refractivity contribution in [2.24, 2.45) is 0 Å². The number of anilines is 1. The Balaban J connectivity index is 1.79. The Kier molecular flexibility index (Phi) is 3.67. The first kappa shape index (κ1) is 13.5. The third-order valence-electron chi connectivity index (χ3n) is 2.86. The first-order chi connectivity index (χ1) is 9.61. The van der Waals surface area contributed by atoms with E-state index in [2.05, 4.69) is 25.9 Å². The summed E-state index contributed by atoms with van der Waals surface area (Å²) in [5.41, 5.74) is 8.82. The molecule has 0 amide bonds. The molecule has 3 aromatic rings. The van der Waals surface area contributed by atoms with Crippen molar-refractivity contribution in [1.82, 2.24) is 9.97 Å². The van der Waals surface area contributed by atoms with Crippen LogP contribution in [-0.2, 0) is 5.75 Å². The molecule has 0 unspecified atom stereocenters. The van der Waals surface area contributed by atoms with Crippen molar-refractivity contribution in [3.63, 3.8) is 0 Å². The monoisotopic (exact) mass is 351 g/mol. The number of imidazole rings is 1. The Morgan fingerprint density at radius 1 is 1.25 bits per heavy atom. The molecule has 2 aromatic carbocycles. The van der Waals surface area contributed by atoms with Crippen LogP contribution in [0.5, 0.6) is 0 Å². The second-order valence-corrected chi connectivity index (χ2v) is 6.22. The minimum atomic E-state index is -0.216. The highest BCUT2D eigenvalue weighted by molar-refractivity contribution is 9.10. The Labute approximate surface area is 127 Å². The fraction of sp³-hybridized carbons (Fsp3) is 0.0714. The van der Waals surface area contributed by atoms with E-state index in [-0.39, 0.29) is 5.82 Å². The molecule has 0 saturated carbocycles. The molecule has 0 atom stereocenters. The molecule has 1 heterocycles. The van der Waals surface area contributed by atoms with Crippen LogP contribution >= 0.6 is 27.7 Å². The number of thioether (sulfide) groups is 1. The molecule has 0 aliphatic heterocycles. The van der Waals surface area contributed by atoms with Crippen LogP contribution in [0, 0.1) is 5.82 Å². The van der Waals surface area contributed by atoms with Crippen molar-refractivity contribution >= 4 is 44.4 Å². The van der Waals surface area contributed by atoms with E-state index in [9.17, 15) is 4.39 Å². The molecule has 20 heavy (non-hydrogen) atoms. The van der Waals surface area contributed by atoms with Gasteiger partial charge in [-0.15, -0.1) is 0 Å². The van der Waals surface area contributed by atoms with Crippen LogP contribution < -0.4 is 5.73 Å². The van der Waals surface area contributed by atoms with Gasteiger partial charge in [-0.05, 0) is 35.9 Å². The summed E-state index contributed by atoms with van der Waals surface area (Å²) in [4.78, 5) is 7.61. The summed E-state index contributed by atoms with van der Waals surface area (Å²) in [7, 11) is 0. The summed E-state index contributed by atoms with van der Waals surface area (Å²) in [6.07, 6.45) is 0. The van der Waals surface area contributed by atoms with Gasteiger partial charge in [-0.3, -0.25) is 0 Å². The normalized spacial score (nSPS) is 11.1. The first-order valence-electron chi connectivity index (χ1n) is 5.94. The Hall–Kier alpha value is -1.53. The highest BCUT2D eigenvalue weighted by Crippen LogP contribution is 2.26. The maximum absolute atomic E-state index is 13.7. The summed E-state index contributed by atoms with van der Waals surface area (Å²) < 4.78 is 14.5. The molecular formula is C14H11BrFN3S. The predicted octanol–water partition coefficient (Wildman–Crippen LogP) is 4.34. The fourth-order valence-corrected chi connectivity index (χ4v) is 3.06. The van der Waals surface area contributed by atoms with E-state index < -0.39 is 0 Å². The Morgan fingerprint density at radius 3 is 2.90 bits per heavy atom. The van der Waals surface area contributed by atoms with Crippen molar-refractivity contribution in [3.05, 3.63) is 52.3 Å². The van der Waals surface area contributed by atoms with E-state index in [1.807, 2.05) is 24.3 Å². The number of nitrogens with two attached hydrogens (primary N) is 1. The number of fused-ring (bicyclic) bond motifs is 1. The number of H-pyrrole nitrogens is 1. The number of aromatic nitrogens is 2. The molecule has 0 radical (unpaired) electrons. The smallest absolute Gasteiger partial charge is 0.166 e. The van der Waals surface area contributed by atoms with E-state index in [4.69, 9.17) is 5.73 Å². The number of aromatic amines is 1. The summed E-state index contributed by atoms with van der Waals surface area (Å²) in [5.74, 6) is 0.307. The van der Waals surface area contributed by atoms with Gasteiger partial charge in [0.05, 0.1) is 11.0 Å². The molecule has 6 heteroatoms. The van der Waals surface area contributed by atoms with E-state index >= 15 is 0 Å². The average Bonchev–Trinajstić information content (AvgIpc) is 2.79. The zero-order chi connectivity index (χ0) is 14.1. The van der Waals surface area contributed by atoms with Gasteiger partial charge < -0.3 is 10.7 Å². The third-order valence-corrected chi connectivity index (χ3v) is 4.28. The standard InChI is InChI=1S/C14H11BrFN3S/c15-9-2-1-8(11(16)5-9)7-20-14-18-12-4-3-10(17)6-13(12)19-14/h1-6H,7,17H2,(H,18,19). The highest BCUT2D eigenvalue weighted by atomic mass is 79.9.